The molecule has 3 aromatic rings. The Kier molecular flexibility index (Phi) is 5.45. The first kappa shape index (κ1) is 19.3. The average Bonchev–Trinajstić information content (AvgIpc) is 2.69. The number of hydrogen-bond donors (Lipinski definition) is 3. The Morgan fingerprint density at radius 2 is 1.86 bits per heavy atom. The third-order valence-electron chi connectivity index (χ3n) is 5.56. The lowest BCUT2D eigenvalue weighted by Crippen LogP contribution is -2.63. The highest BCUT2D eigenvalue weighted by atomic mass is 16.2. The van der Waals surface area contributed by atoms with E-state index in [-0.39, 0.29) is 17.9 Å². The number of rotatable bonds is 5. The SMILES string of the molecule is Cc1ccc2nc(NC3NC(=O)C(CCc4ccccc4)C(C)N3)nc(C)c2c1. The van der Waals surface area contributed by atoms with E-state index >= 15 is 0 Å². The van der Waals surface area contributed by atoms with Crippen LogP contribution in [0.25, 0.3) is 10.9 Å². The summed E-state index contributed by atoms with van der Waals surface area (Å²) in [5.74, 6) is 0.486. The third kappa shape index (κ3) is 4.38. The summed E-state index contributed by atoms with van der Waals surface area (Å²) in [6, 6.07) is 16.5. The largest absolute Gasteiger partial charge is 0.323 e. The van der Waals surface area contributed by atoms with Crippen molar-refractivity contribution >= 4 is 22.8 Å². The zero-order valence-corrected chi connectivity index (χ0v) is 17.1. The summed E-state index contributed by atoms with van der Waals surface area (Å²) in [5.41, 5.74) is 4.24. The third-order valence-corrected chi connectivity index (χ3v) is 5.56. The minimum atomic E-state index is -0.396. The molecule has 3 atom stereocenters. The van der Waals surface area contributed by atoms with E-state index in [0.717, 1.165) is 29.4 Å². The molecule has 1 aliphatic rings. The number of carbonyl (C=O) groups is 1. The number of anilines is 1. The van der Waals surface area contributed by atoms with Gasteiger partial charge in [0, 0.05) is 11.4 Å². The van der Waals surface area contributed by atoms with Gasteiger partial charge in [-0.25, -0.2) is 9.97 Å². The number of carbonyl (C=O) groups excluding carboxylic acids is 1. The summed E-state index contributed by atoms with van der Waals surface area (Å²) in [5, 5.41) is 10.7. The van der Waals surface area contributed by atoms with Crippen LogP contribution in [-0.4, -0.2) is 28.2 Å². The Bertz CT molecular complexity index is 1020. The van der Waals surface area contributed by atoms with Crippen molar-refractivity contribution in [2.75, 3.05) is 5.32 Å². The highest BCUT2D eigenvalue weighted by molar-refractivity contribution is 5.83. The molecule has 3 unspecified atom stereocenters. The van der Waals surface area contributed by atoms with E-state index in [1.807, 2.05) is 37.3 Å². The van der Waals surface area contributed by atoms with Gasteiger partial charge in [-0.1, -0.05) is 42.0 Å². The second kappa shape index (κ2) is 8.17. The quantitative estimate of drug-likeness (QED) is 0.624. The van der Waals surface area contributed by atoms with Crippen LogP contribution < -0.4 is 16.0 Å². The summed E-state index contributed by atoms with van der Waals surface area (Å²) in [4.78, 5) is 21.9. The molecular weight excluding hydrogens is 362 g/mol. The molecule has 1 saturated heterocycles. The van der Waals surface area contributed by atoms with Crippen LogP contribution in [0.4, 0.5) is 5.95 Å². The van der Waals surface area contributed by atoms with E-state index in [1.54, 1.807) is 0 Å². The molecule has 1 aliphatic heterocycles. The van der Waals surface area contributed by atoms with Gasteiger partial charge in [-0.05, 0) is 51.3 Å². The lowest BCUT2D eigenvalue weighted by Gasteiger charge is -2.36. The lowest BCUT2D eigenvalue weighted by molar-refractivity contribution is -0.129. The minimum absolute atomic E-state index is 0.0502. The van der Waals surface area contributed by atoms with Crippen molar-refractivity contribution in [1.82, 2.24) is 20.6 Å². The molecule has 3 N–H and O–H groups in total. The number of benzene rings is 2. The van der Waals surface area contributed by atoms with Crippen LogP contribution in [0.1, 0.15) is 30.2 Å². The van der Waals surface area contributed by atoms with Crippen molar-refractivity contribution in [1.29, 1.82) is 0 Å². The first-order valence-electron chi connectivity index (χ1n) is 10.1. The average molecular weight is 390 g/mol. The zero-order valence-electron chi connectivity index (χ0n) is 17.1. The topological polar surface area (TPSA) is 78.9 Å². The fourth-order valence-corrected chi connectivity index (χ4v) is 3.91. The van der Waals surface area contributed by atoms with Crippen LogP contribution in [0, 0.1) is 19.8 Å². The molecule has 150 valence electrons. The normalized spacial score (nSPS) is 21.8. The monoisotopic (exact) mass is 389 g/mol. The predicted octanol–water partition coefficient (Wildman–Crippen LogP) is 3.30. The maximum atomic E-state index is 12.7. The molecule has 0 saturated carbocycles. The molecule has 0 radical (unpaired) electrons. The first-order valence-corrected chi connectivity index (χ1v) is 10.1. The molecule has 1 fully saturated rings. The number of nitrogens with zero attached hydrogens (tertiary/aromatic N) is 2. The Morgan fingerprint density at radius 3 is 2.62 bits per heavy atom. The maximum Gasteiger partial charge on any atom is 0.227 e. The fourth-order valence-electron chi connectivity index (χ4n) is 3.91. The van der Waals surface area contributed by atoms with Gasteiger partial charge in [0.05, 0.1) is 17.1 Å². The number of aromatic nitrogens is 2. The van der Waals surface area contributed by atoms with Crippen molar-refractivity contribution in [3.63, 3.8) is 0 Å². The highest BCUT2D eigenvalue weighted by Gasteiger charge is 2.33. The van der Waals surface area contributed by atoms with Crippen LogP contribution in [-0.2, 0) is 11.2 Å². The Hall–Kier alpha value is -2.99. The zero-order chi connectivity index (χ0) is 20.4. The molecule has 2 aromatic carbocycles. The predicted molar refractivity (Wildman–Crippen MR) is 115 cm³/mol. The molecule has 6 heteroatoms. The molecule has 0 aliphatic carbocycles. The van der Waals surface area contributed by atoms with Gasteiger partial charge in [0.15, 0.2) is 6.29 Å². The van der Waals surface area contributed by atoms with Gasteiger partial charge in [-0.15, -0.1) is 0 Å². The van der Waals surface area contributed by atoms with Gasteiger partial charge in [-0.3, -0.25) is 10.1 Å². The second-order valence-electron chi connectivity index (χ2n) is 7.83. The van der Waals surface area contributed by atoms with Gasteiger partial charge in [-0.2, -0.15) is 0 Å². The van der Waals surface area contributed by atoms with Crippen molar-refractivity contribution in [3.05, 3.63) is 65.4 Å². The molecule has 4 rings (SSSR count). The summed E-state index contributed by atoms with van der Waals surface area (Å²) in [7, 11) is 0. The number of aryl methyl sites for hydroxylation is 3. The fraction of sp³-hybridized carbons (Fsp3) is 0.348. The van der Waals surface area contributed by atoms with Crippen molar-refractivity contribution < 1.29 is 4.79 Å². The molecule has 0 bridgehead atoms. The minimum Gasteiger partial charge on any atom is -0.323 e. The summed E-state index contributed by atoms with van der Waals surface area (Å²) < 4.78 is 0. The number of fused-ring (bicyclic) bond motifs is 1. The second-order valence-corrected chi connectivity index (χ2v) is 7.83. The molecule has 0 spiro atoms. The summed E-state index contributed by atoms with van der Waals surface area (Å²) in [6.07, 6.45) is 1.30. The van der Waals surface area contributed by atoms with Gasteiger partial charge >= 0.3 is 0 Å². The van der Waals surface area contributed by atoms with E-state index in [9.17, 15) is 4.79 Å². The van der Waals surface area contributed by atoms with Crippen molar-refractivity contribution in [2.24, 2.45) is 5.92 Å². The highest BCUT2D eigenvalue weighted by Crippen LogP contribution is 2.20. The number of nitrogens with one attached hydrogen (secondary N) is 3. The maximum absolute atomic E-state index is 12.7. The van der Waals surface area contributed by atoms with Gasteiger partial charge in [0.1, 0.15) is 0 Å². The lowest BCUT2D eigenvalue weighted by atomic mass is 9.91. The molecule has 1 aromatic heterocycles. The van der Waals surface area contributed by atoms with Crippen LogP contribution in [0.3, 0.4) is 0 Å². The van der Waals surface area contributed by atoms with Crippen molar-refractivity contribution in [3.8, 4) is 0 Å². The van der Waals surface area contributed by atoms with Crippen LogP contribution in [0.5, 0.6) is 0 Å². The Balaban J connectivity index is 1.42. The molecular formula is C23H27N5O. The number of hydrogen-bond acceptors (Lipinski definition) is 5. The van der Waals surface area contributed by atoms with Crippen LogP contribution in [0.2, 0.25) is 0 Å². The molecule has 2 heterocycles. The van der Waals surface area contributed by atoms with Crippen LogP contribution >= 0.6 is 0 Å². The van der Waals surface area contributed by atoms with Crippen LogP contribution in [0.15, 0.2) is 48.5 Å². The van der Waals surface area contributed by atoms with E-state index in [1.165, 1.54) is 11.1 Å². The first-order chi connectivity index (χ1) is 14.0. The molecule has 29 heavy (non-hydrogen) atoms. The van der Waals surface area contributed by atoms with Gasteiger partial charge < -0.3 is 10.6 Å². The summed E-state index contributed by atoms with van der Waals surface area (Å²) >= 11 is 0. The van der Waals surface area contributed by atoms with E-state index < -0.39 is 6.29 Å². The Labute approximate surface area is 171 Å². The summed E-state index contributed by atoms with van der Waals surface area (Å²) in [6.45, 7) is 6.09. The standard InChI is InChI=1S/C23H27N5O/c1-14-9-12-20-19(13-14)16(3)25-22(26-20)28-23-24-15(2)18(21(29)27-23)11-10-17-7-5-4-6-8-17/h4-9,12-13,15,18,23-24H,10-11H2,1-3H3,(H,27,29)(H,25,26,28). The number of amides is 1. The molecule has 6 nitrogen and oxygen atoms in total. The van der Waals surface area contributed by atoms with Gasteiger partial charge in [0.2, 0.25) is 11.9 Å². The van der Waals surface area contributed by atoms with E-state index in [0.29, 0.717) is 5.95 Å². The van der Waals surface area contributed by atoms with E-state index in [2.05, 4.69) is 58.0 Å². The smallest absolute Gasteiger partial charge is 0.227 e. The van der Waals surface area contributed by atoms with Gasteiger partial charge in [0.25, 0.3) is 0 Å². The Morgan fingerprint density at radius 1 is 1.07 bits per heavy atom. The van der Waals surface area contributed by atoms with E-state index in [4.69, 9.17) is 0 Å². The molecule has 1 amide bonds. The van der Waals surface area contributed by atoms with Crippen molar-refractivity contribution in [2.45, 2.75) is 45.9 Å².